The number of nitrogens with zero attached hydrogens (tertiary/aromatic N) is 4. The summed E-state index contributed by atoms with van der Waals surface area (Å²) in [6.07, 6.45) is 4.66. The molecule has 0 atom stereocenters. The molecular weight excluding hydrogens is 348 g/mol. The molecule has 9 nitrogen and oxygen atoms in total. The zero-order chi connectivity index (χ0) is 19.1. The molecule has 27 heavy (non-hydrogen) atoms. The van der Waals surface area contributed by atoms with Crippen LogP contribution in [0.3, 0.4) is 0 Å². The molecule has 0 aliphatic rings. The molecule has 2 heterocycles. The second kappa shape index (κ2) is 8.65. The van der Waals surface area contributed by atoms with Crippen molar-refractivity contribution in [2.45, 2.75) is 19.8 Å². The SMILES string of the molecule is CCCCOC(=O)c1cccc(-c2ccc(/C=N\Nc3nncn3N)o2)c1. The molecule has 0 amide bonds. The number of carbonyl (C=O) groups excluding carboxylic acids is 1. The highest BCUT2D eigenvalue weighted by atomic mass is 16.5. The van der Waals surface area contributed by atoms with Crippen LogP contribution in [0.1, 0.15) is 35.9 Å². The van der Waals surface area contributed by atoms with E-state index in [0.717, 1.165) is 18.4 Å². The third kappa shape index (κ3) is 4.72. The first-order valence-corrected chi connectivity index (χ1v) is 8.49. The van der Waals surface area contributed by atoms with Crippen LogP contribution < -0.4 is 11.3 Å². The van der Waals surface area contributed by atoms with Gasteiger partial charge < -0.3 is 15.0 Å². The number of anilines is 1. The molecular formula is C18H20N6O3. The molecule has 0 fully saturated rings. The molecule has 0 saturated heterocycles. The number of furan rings is 1. The quantitative estimate of drug-likeness (QED) is 0.206. The van der Waals surface area contributed by atoms with Gasteiger partial charge in [0.1, 0.15) is 17.8 Å². The van der Waals surface area contributed by atoms with Crippen LogP contribution in [0.15, 0.2) is 52.2 Å². The van der Waals surface area contributed by atoms with Gasteiger partial charge in [0, 0.05) is 5.56 Å². The fourth-order valence-electron chi connectivity index (χ4n) is 2.25. The van der Waals surface area contributed by atoms with Crippen LogP contribution >= 0.6 is 0 Å². The summed E-state index contributed by atoms with van der Waals surface area (Å²) in [5, 5.41) is 11.4. The number of nitrogens with one attached hydrogen (secondary N) is 1. The lowest BCUT2D eigenvalue weighted by molar-refractivity contribution is 0.0500. The number of nitrogen functional groups attached to an aromatic ring is 1. The second-order valence-electron chi connectivity index (χ2n) is 5.70. The minimum Gasteiger partial charge on any atom is -0.462 e. The summed E-state index contributed by atoms with van der Waals surface area (Å²) in [6, 6.07) is 10.7. The van der Waals surface area contributed by atoms with Crippen LogP contribution in [0.5, 0.6) is 0 Å². The number of hydrogen-bond acceptors (Lipinski definition) is 8. The summed E-state index contributed by atoms with van der Waals surface area (Å²) in [5.74, 6) is 6.67. The van der Waals surface area contributed by atoms with Gasteiger partial charge in [-0.15, -0.1) is 10.2 Å². The van der Waals surface area contributed by atoms with Crippen LogP contribution in [0.25, 0.3) is 11.3 Å². The molecule has 3 N–H and O–H groups in total. The van der Waals surface area contributed by atoms with Crippen molar-refractivity contribution >= 4 is 18.1 Å². The maximum atomic E-state index is 12.1. The maximum Gasteiger partial charge on any atom is 0.338 e. The van der Waals surface area contributed by atoms with Gasteiger partial charge in [0.15, 0.2) is 0 Å². The molecule has 3 aromatic rings. The van der Waals surface area contributed by atoms with Gasteiger partial charge in [0.2, 0.25) is 0 Å². The Morgan fingerprint density at radius 2 is 2.30 bits per heavy atom. The fourth-order valence-corrected chi connectivity index (χ4v) is 2.25. The Hall–Kier alpha value is -3.62. The molecule has 0 aliphatic heterocycles. The van der Waals surface area contributed by atoms with Crippen molar-refractivity contribution in [1.82, 2.24) is 14.9 Å². The fraction of sp³-hybridized carbons (Fsp3) is 0.222. The van der Waals surface area contributed by atoms with E-state index in [-0.39, 0.29) is 5.97 Å². The topological polar surface area (TPSA) is 121 Å². The lowest BCUT2D eigenvalue weighted by atomic mass is 10.1. The Balaban J connectivity index is 1.66. The minimum atomic E-state index is -0.339. The van der Waals surface area contributed by atoms with Gasteiger partial charge in [0.25, 0.3) is 5.95 Å². The smallest absolute Gasteiger partial charge is 0.338 e. The Morgan fingerprint density at radius 1 is 1.41 bits per heavy atom. The van der Waals surface area contributed by atoms with Crippen LogP contribution in [-0.4, -0.2) is 33.7 Å². The third-order valence-corrected chi connectivity index (χ3v) is 3.67. The van der Waals surface area contributed by atoms with Crippen molar-refractivity contribution in [3.8, 4) is 11.3 Å². The molecule has 0 spiro atoms. The Bertz CT molecular complexity index is 931. The first kappa shape index (κ1) is 18.2. The predicted octanol–water partition coefficient (Wildman–Crippen LogP) is 2.65. The standard InChI is InChI=1S/C18H20N6O3/c1-2-3-9-26-17(25)14-6-4-5-13(10-14)16-8-7-15(27-16)11-20-22-18-23-21-12-24(18)19/h4-8,10-12H,2-3,9,19H2,1H3,(H,22,23)/b20-11-. The van der Waals surface area contributed by atoms with Crippen molar-refractivity contribution in [2.75, 3.05) is 17.9 Å². The number of ether oxygens (including phenoxy) is 1. The van der Waals surface area contributed by atoms with Crippen molar-refractivity contribution in [3.63, 3.8) is 0 Å². The largest absolute Gasteiger partial charge is 0.462 e. The number of hydrogen-bond donors (Lipinski definition) is 2. The normalized spacial score (nSPS) is 11.0. The molecule has 0 saturated carbocycles. The van der Waals surface area contributed by atoms with Gasteiger partial charge in [-0.1, -0.05) is 25.5 Å². The highest BCUT2D eigenvalue weighted by Crippen LogP contribution is 2.23. The summed E-state index contributed by atoms with van der Waals surface area (Å²) >= 11 is 0. The predicted molar refractivity (Wildman–Crippen MR) is 101 cm³/mol. The summed E-state index contributed by atoms with van der Waals surface area (Å²) < 4.78 is 12.2. The monoisotopic (exact) mass is 368 g/mol. The van der Waals surface area contributed by atoms with Crippen LogP contribution in [0.4, 0.5) is 5.95 Å². The van der Waals surface area contributed by atoms with Gasteiger partial charge in [-0.3, -0.25) is 0 Å². The number of esters is 1. The lowest BCUT2D eigenvalue weighted by Gasteiger charge is -2.05. The van der Waals surface area contributed by atoms with Crippen LogP contribution in [-0.2, 0) is 4.74 Å². The molecule has 2 aromatic heterocycles. The van der Waals surface area contributed by atoms with Gasteiger partial charge in [-0.2, -0.15) is 5.10 Å². The Morgan fingerprint density at radius 3 is 3.07 bits per heavy atom. The summed E-state index contributed by atoms with van der Waals surface area (Å²) in [4.78, 5) is 12.1. The molecule has 140 valence electrons. The number of aromatic nitrogens is 3. The van der Waals surface area contributed by atoms with Crippen LogP contribution in [0, 0.1) is 0 Å². The first-order valence-electron chi connectivity index (χ1n) is 8.49. The van der Waals surface area contributed by atoms with E-state index in [4.69, 9.17) is 15.0 Å². The Labute approximate surface area is 155 Å². The average molecular weight is 368 g/mol. The molecule has 0 radical (unpaired) electrons. The molecule has 0 bridgehead atoms. The highest BCUT2D eigenvalue weighted by molar-refractivity contribution is 5.91. The molecule has 0 aliphatic carbocycles. The molecule has 3 rings (SSSR count). The Kier molecular flexibility index (Phi) is 5.83. The zero-order valence-corrected chi connectivity index (χ0v) is 14.8. The lowest BCUT2D eigenvalue weighted by Crippen LogP contribution is -2.10. The number of hydrazone groups is 1. The summed E-state index contributed by atoms with van der Waals surface area (Å²) in [7, 11) is 0. The van der Waals surface area contributed by atoms with Crippen molar-refractivity contribution < 1.29 is 13.9 Å². The van der Waals surface area contributed by atoms with Crippen LogP contribution in [0.2, 0.25) is 0 Å². The van der Waals surface area contributed by atoms with Crippen molar-refractivity contribution in [2.24, 2.45) is 5.10 Å². The first-order chi connectivity index (χ1) is 13.2. The van der Waals surface area contributed by atoms with E-state index in [1.165, 1.54) is 17.2 Å². The van der Waals surface area contributed by atoms with Gasteiger partial charge >= 0.3 is 5.97 Å². The summed E-state index contributed by atoms with van der Waals surface area (Å²) in [6.45, 7) is 2.47. The van der Waals surface area contributed by atoms with E-state index in [1.807, 2.05) is 13.0 Å². The number of nitrogens with two attached hydrogens (primary N) is 1. The average Bonchev–Trinajstić information content (AvgIpc) is 3.31. The van der Waals surface area contributed by atoms with Gasteiger partial charge in [0.05, 0.1) is 18.4 Å². The summed E-state index contributed by atoms with van der Waals surface area (Å²) in [5.41, 5.74) is 3.91. The number of carbonyl (C=O) groups is 1. The van der Waals surface area contributed by atoms with Crippen molar-refractivity contribution in [1.29, 1.82) is 0 Å². The van der Waals surface area contributed by atoms with Gasteiger partial charge in [-0.05, 0) is 30.7 Å². The zero-order valence-electron chi connectivity index (χ0n) is 14.8. The third-order valence-electron chi connectivity index (χ3n) is 3.67. The van der Waals surface area contributed by atoms with E-state index in [2.05, 4.69) is 20.7 Å². The minimum absolute atomic E-state index is 0.298. The van der Waals surface area contributed by atoms with E-state index in [0.29, 0.717) is 29.6 Å². The van der Waals surface area contributed by atoms with E-state index in [9.17, 15) is 4.79 Å². The molecule has 0 unspecified atom stereocenters. The molecule has 1 aromatic carbocycles. The van der Waals surface area contributed by atoms with E-state index < -0.39 is 0 Å². The maximum absolute atomic E-state index is 12.1. The number of unbranched alkanes of at least 4 members (excludes halogenated alkanes) is 1. The highest BCUT2D eigenvalue weighted by Gasteiger charge is 2.10. The number of benzene rings is 1. The van der Waals surface area contributed by atoms with E-state index in [1.54, 1.807) is 30.3 Å². The van der Waals surface area contributed by atoms with Gasteiger partial charge in [-0.25, -0.2) is 14.9 Å². The number of rotatable bonds is 8. The second-order valence-corrected chi connectivity index (χ2v) is 5.70. The van der Waals surface area contributed by atoms with E-state index >= 15 is 0 Å². The molecule has 9 heteroatoms. The van der Waals surface area contributed by atoms with Crippen molar-refractivity contribution in [3.05, 3.63) is 54.0 Å².